The zero-order valence-corrected chi connectivity index (χ0v) is 13.0. The van der Waals surface area contributed by atoms with Crippen LogP contribution in [0.1, 0.15) is 31.0 Å². The van der Waals surface area contributed by atoms with E-state index in [4.69, 9.17) is 10.3 Å². The number of nitrogens with zero attached hydrogens (tertiary/aromatic N) is 2. The van der Waals surface area contributed by atoms with Gasteiger partial charge in [-0.1, -0.05) is 35.5 Å². The second kappa shape index (κ2) is 5.41. The van der Waals surface area contributed by atoms with Crippen molar-refractivity contribution in [1.29, 1.82) is 0 Å². The molecule has 1 aliphatic rings. The molecule has 0 radical (unpaired) electrons. The molecular weight excluding hydrogens is 294 g/mol. The third kappa shape index (κ3) is 2.51. The summed E-state index contributed by atoms with van der Waals surface area (Å²) >= 11 is 1.70. The summed E-state index contributed by atoms with van der Waals surface area (Å²) in [5.41, 5.74) is 5.86. The van der Waals surface area contributed by atoms with Crippen molar-refractivity contribution in [2.24, 2.45) is 5.73 Å². The first-order chi connectivity index (χ1) is 10.7. The molecule has 1 aromatic heterocycles. The van der Waals surface area contributed by atoms with Gasteiger partial charge in [-0.3, -0.25) is 0 Å². The van der Waals surface area contributed by atoms with Crippen LogP contribution in [-0.4, -0.2) is 10.1 Å². The second-order valence-corrected chi connectivity index (χ2v) is 6.87. The van der Waals surface area contributed by atoms with E-state index < -0.39 is 0 Å². The van der Waals surface area contributed by atoms with Crippen molar-refractivity contribution in [2.45, 2.75) is 35.4 Å². The van der Waals surface area contributed by atoms with Crippen molar-refractivity contribution in [3.05, 3.63) is 54.2 Å². The molecule has 0 amide bonds. The maximum Gasteiger partial charge on any atom is 0.237 e. The van der Waals surface area contributed by atoms with E-state index in [0.717, 1.165) is 19.3 Å². The van der Waals surface area contributed by atoms with Gasteiger partial charge in [0.2, 0.25) is 5.89 Å². The third-order valence-electron chi connectivity index (χ3n) is 4.24. The SMILES string of the molecule is NC1(c2noc(CSc3ccc4ccccc4c3)n2)CCC1. The molecule has 1 saturated carbocycles. The first-order valence-corrected chi connectivity index (χ1v) is 8.45. The topological polar surface area (TPSA) is 64.9 Å². The van der Waals surface area contributed by atoms with Gasteiger partial charge >= 0.3 is 0 Å². The zero-order valence-electron chi connectivity index (χ0n) is 12.2. The molecule has 1 heterocycles. The molecule has 0 spiro atoms. The molecule has 4 nitrogen and oxygen atoms in total. The number of hydrogen-bond donors (Lipinski definition) is 1. The van der Waals surface area contributed by atoms with Gasteiger partial charge in [-0.05, 0) is 42.2 Å². The Labute approximate surface area is 133 Å². The molecule has 112 valence electrons. The van der Waals surface area contributed by atoms with Gasteiger partial charge < -0.3 is 10.3 Å². The molecule has 4 rings (SSSR count). The lowest BCUT2D eigenvalue weighted by atomic mass is 9.77. The summed E-state index contributed by atoms with van der Waals surface area (Å²) in [6, 6.07) is 14.8. The normalized spacial score (nSPS) is 16.6. The largest absolute Gasteiger partial charge is 0.338 e. The van der Waals surface area contributed by atoms with Crippen LogP contribution in [0.2, 0.25) is 0 Å². The van der Waals surface area contributed by atoms with Crippen LogP contribution in [0.5, 0.6) is 0 Å². The van der Waals surface area contributed by atoms with E-state index in [2.05, 4.69) is 52.6 Å². The Hall–Kier alpha value is -1.85. The lowest BCUT2D eigenvalue weighted by molar-refractivity contribution is 0.229. The van der Waals surface area contributed by atoms with Crippen molar-refractivity contribution < 1.29 is 4.52 Å². The number of rotatable bonds is 4. The van der Waals surface area contributed by atoms with Gasteiger partial charge in [-0.2, -0.15) is 4.98 Å². The van der Waals surface area contributed by atoms with Crippen molar-refractivity contribution in [3.63, 3.8) is 0 Å². The molecule has 0 atom stereocenters. The van der Waals surface area contributed by atoms with E-state index in [9.17, 15) is 0 Å². The molecule has 0 saturated heterocycles. The van der Waals surface area contributed by atoms with Crippen LogP contribution in [0.25, 0.3) is 10.8 Å². The molecule has 1 aliphatic carbocycles. The van der Waals surface area contributed by atoms with Gasteiger partial charge in [-0.25, -0.2) is 0 Å². The Morgan fingerprint density at radius 2 is 1.95 bits per heavy atom. The fraction of sp³-hybridized carbons (Fsp3) is 0.294. The van der Waals surface area contributed by atoms with E-state index in [1.807, 2.05) is 0 Å². The van der Waals surface area contributed by atoms with E-state index in [1.165, 1.54) is 15.7 Å². The number of benzene rings is 2. The van der Waals surface area contributed by atoms with Gasteiger partial charge in [-0.15, -0.1) is 11.8 Å². The molecular formula is C17H17N3OS. The highest BCUT2D eigenvalue weighted by Crippen LogP contribution is 2.37. The van der Waals surface area contributed by atoms with E-state index in [-0.39, 0.29) is 5.54 Å². The van der Waals surface area contributed by atoms with Crippen molar-refractivity contribution >= 4 is 22.5 Å². The van der Waals surface area contributed by atoms with Crippen LogP contribution in [-0.2, 0) is 11.3 Å². The summed E-state index contributed by atoms with van der Waals surface area (Å²) in [5, 5.41) is 6.54. The van der Waals surface area contributed by atoms with Crippen LogP contribution in [0, 0.1) is 0 Å². The van der Waals surface area contributed by atoms with Crippen LogP contribution in [0.15, 0.2) is 51.9 Å². The Morgan fingerprint density at radius 1 is 1.14 bits per heavy atom. The van der Waals surface area contributed by atoms with Gasteiger partial charge in [0.1, 0.15) is 0 Å². The van der Waals surface area contributed by atoms with Crippen molar-refractivity contribution in [1.82, 2.24) is 10.1 Å². The van der Waals surface area contributed by atoms with Gasteiger partial charge in [0, 0.05) is 4.90 Å². The summed E-state index contributed by atoms with van der Waals surface area (Å²) in [6.45, 7) is 0. The molecule has 1 fully saturated rings. The summed E-state index contributed by atoms with van der Waals surface area (Å²) in [5.74, 6) is 1.97. The number of thioether (sulfide) groups is 1. The smallest absolute Gasteiger partial charge is 0.237 e. The Bertz CT molecular complexity index is 810. The molecule has 0 unspecified atom stereocenters. The first-order valence-electron chi connectivity index (χ1n) is 7.47. The highest BCUT2D eigenvalue weighted by molar-refractivity contribution is 7.98. The van der Waals surface area contributed by atoms with E-state index in [0.29, 0.717) is 17.5 Å². The molecule has 5 heteroatoms. The highest BCUT2D eigenvalue weighted by Gasteiger charge is 2.38. The minimum Gasteiger partial charge on any atom is -0.338 e. The van der Waals surface area contributed by atoms with Crippen LogP contribution in [0.4, 0.5) is 0 Å². The minimum absolute atomic E-state index is 0.352. The predicted molar refractivity (Wildman–Crippen MR) is 87.5 cm³/mol. The number of fused-ring (bicyclic) bond motifs is 1. The maximum atomic E-state index is 6.22. The average molecular weight is 311 g/mol. The van der Waals surface area contributed by atoms with Crippen LogP contribution >= 0.6 is 11.8 Å². The standard InChI is InChI=1S/C17H17N3OS/c18-17(8-3-9-17)16-19-15(21-20-16)11-22-14-7-6-12-4-1-2-5-13(12)10-14/h1-2,4-7,10H,3,8-9,11,18H2. The molecule has 0 bridgehead atoms. The van der Waals surface area contributed by atoms with Gasteiger partial charge in [0.05, 0.1) is 11.3 Å². The Morgan fingerprint density at radius 3 is 2.73 bits per heavy atom. The monoisotopic (exact) mass is 311 g/mol. The summed E-state index contributed by atoms with van der Waals surface area (Å²) in [7, 11) is 0. The average Bonchev–Trinajstić information content (AvgIpc) is 3.00. The number of nitrogens with two attached hydrogens (primary N) is 1. The predicted octanol–water partition coefficient (Wildman–Crippen LogP) is 3.85. The zero-order chi connectivity index (χ0) is 15.0. The molecule has 22 heavy (non-hydrogen) atoms. The third-order valence-corrected chi connectivity index (χ3v) is 5.22. The van der Waals surface area contributed by atoms with Gasteiger partial charge in [0.15, 0.2) is 5.82 Å². The molecule has 2 aromatic carbocycles. The molecule has 2 N–H and O–H groups in total. The van der Waals surface area contributed by atoms with Crippen LogP contribution in [0.3, 0.4) is 0 Å². The lowest BCUT2D eigenvalue weighted by Gasteiger charge is -2.34. The number of aromatic nitrogens is 2. The Kier molecular flexibility index (Phi) is 3.39. The summed E-state index contributed by atoms with van der Waals surface area (Å²) in [4.78, 5) is 5.66. The van der Waals surface area contributed by atoms with Crippen LogP contribution < -0.4 is 5.73 Å². The number of hydrogen-bond acceptors (Lipinski definition) is 5. The highest BCUT2D eigenvalue weighted by atomic mass is 32.2. The Balaban J connectivity index is 1.47. The second-order valence-electron chi connectivity index (χ2n) is 5.82. The summed E-state index contributed by atoms with van der Waals surface area (Å²) in [6.07, 6.45) is 3.04. The van der Waals surface area contributed by atoms with Crippen molar-refractivity contribution in [2.75, 3.05) is 0 Å². The van der Waals surface area contributed by atoms with Gasteiger partial charge in [0.25, 0.3) is 0 Å². The maximum absolute atomic E-state index is 6.22. The van der Waals surface area contributed by atoms with Crippen molar-refractivity contribution in [3.8, 4) is 0 Å². The first kappa shape index (κ1) is 13.8. The minimum atomic E-state index is -0.352. The fourth-order valence-corrected chi connectivity index (χ4v) is 3.48. The van der Waals surface area contributed by atoms with E-state index >= 15 is 0 Å². The quantitative estimate of drug-likeness (QED) is 0.741. The van der Waals surface area contributed by atoms with E-state index in [1.54, 1.807) is 11.8 Å². The summed E-state index contributed by atoms with van der Waals surface area (Å²) < 4.78 is 5.33. The fourth-order valence-electron chi connectivity index (χ4n) is 2.70. The lowest BCUT2D eigenvalue weighted by Crippen LogP contribution is -2.44. The molecule has 0 aliphatic heterocycles. The molecule has 3 aromatic rings.